The summed E-state index contributed by atoms with van der Waals surface area (Å²) in [5.74, 6) is 2.24. The average molecular weight is 349 g/mol. The third-order valence-corrected chi connectivity index (χ3v) is 5.23. The van der Waals surface area contributed by atoms with Crippen LogP contribution in [-0.2, 0) is 0 Å². The summed E-state index contributed by atoms with van der Waals surface area (Å²) in [6.45, 7) is 3.47. The van der Waals surface area contributed by atoms with Crippen LogP contribution in [0.25, 0.3) is 11.0 Å². The van der Waals surface area contributed by atoms with Gasteiger partial charge >= 0.3 is 0 Å². The summed E-state index contributed by atoms with van der Waals surface area (Å²) in [7, 11) is 1.63. The number of hydrogen-bond donors (Lipinski definition) is 1. The van der Waals surface area contributed by atoms with Gasteiger partial charge in [0.05, 0.1) is 18.1 Å². The van der Waals surface area contributed by atoms with Crippen LogP contribution >= 0.6 is 0 Å². The molecular weight excluding hydrogens is 326 g/mol. The van der Waals surface area contributed by atoms with Gasteiger partial charge in [-0.15, -0.1) is 0 Å². The number of aryl methyl sites for hydroxylation is 1. The van der Waals surface area contributed by atoms with Crippen LogP contribution in [0.15, 0.2) is 42.5 Å². The molecule has 1 aliphatic heterocycles. The van der Waals surface area contributed by atoms with Crippen molar-refractivity contribution in [3.63, 3.8) is 0 Å². The van der Waals surface area contributed by atoms with Gasteiger partial charge in [0.2, 0.25) is 0 Å². The molecule has 0 saturated carbocycles. The van der Waals surface area contributed by atoms with Crippen LogP contribution in [0.2, 0.25) is 0 Å². The number of aromatic amines is 1. The summed E-state index contributed by atoms with van der Waals surface area (Å²) in [5.41, 5.74) is 3.81. The fraction of sp³-hybridized carbons (Fsp3) is 0.333. The number of ether oxygens (including phenoxy) is 1. The lowest BCUT2D eigenvalue weighted by Gasteiger charge is -2.31. The monoisotopic (exact) mass is 349 g/mol. The van der Waals surface area contributed by atoms with Gasteiger partial charge in [0, 0.05) is 24.6 Å². The molecule has 0 atom stereocenters. The number of carbonyl (C=O) groups excluding carboxylic acids is 1. The van der Waals surface area contributed by atoms with Gasteiger partial charge in [-0.05, 0) is 49.6 Å². The van der Waals surface area contributed by atoms with Gasteiger partial charge in [0.15, 0.2) is 0 Å². The van der Waals surface area contributed by atoms with E-state index in [1.165, 1.54) is 0 Å². The number of aromatic nitrogens is 2. The second kappa shape index (κ2) is 6.83. The number of H-pyrrole nitrogens is 1. The van der Waals surface area contributed by atoms with E-state index >= 15 is 0 Å². The van der Waals surface area contributed by atoms with E-state index in [4.69, 9.17) is 9.72 Å². The Balaban J connectivity index is 1.45. The first-order valence-electron chi connectivity index (χ1n) is 9.04. The Labute approximate surface area is 153 Å². The quantitative estimate of drug-likeness (QED) is 0.780. The van der Waals surface area contributed by atoms with Crippen LogP contribution in [0, 0.1) is 6.92 Å². The minimum Gasteiger partial charge on any atom is -0.496 e. The molecule has 1 saturated heterocycles. The van der Waals surface area contributed by atoms with E-state index in [9.17, 15) is 4.79 Å². The van der Waals surface area contributed by atoms with E-state index in [1.807, 2.05) is 48.2 Å². The molecule has 0 unspecified atom stereocenters. The molecule has 26 heavy (non-hydrogen) atoms. The minimum atomic E-state index is 0.0753. The van der Waals surface area contributed by atoms with E-state index in [0.29, 0.717) is 11.5 Å². The number of piperidine rings is 1. The lowest BCUT2D eigenvalue weighted by Crippen LogP contribution is -2.38. The highest BCUT2D eigenvalue weighted by atomic mass is 16.5. The maximum absolute atomic E-state index is 12.8. The standard InChI is InChI=1S/C21H23N3O2/c1-14-7-8-16(13-19(14)26-2)21(25)24-11-9-15(10-12-24)20-22-17-5-3-4-6-18(17)23-20/h3-8,13,15H,9-12H2,1-2H3,(H,22,23). The normalized spacial score (nSPS) is 15.4. The topological polar surface area (TPSA) is 58.2 Å². The third-order valence-electron chi connectivity index (χ3n) is 5.23. The maximum Gasteiger partial charge on any atom is 0.253 e. The summed E-state index contributed by atoms with van der Waals surface area (Å²) in [6.07, 6.45) is 1.85. The van der Waals surface area contributed by atoms with Crippen molar-refractivity contribution in [3.8, 4) is 5.75 Å². The first-order chi connectivity index (χ1) is 12.7. The number of benzene rings is 2. The zero-order valence-electron chi connectivity index (χ0n) is 15.2. The Bertz CT molecular complexity index is 906. The van der Waals surface area contributed by atoms with Gasteiger partial charge in [0.25, 0.3) is 5.91 Å². The van der Waals surface area contributed by atoms with Gasteiger partial charge in [-0.3, -0.25) is 4.79 Å². The molecule has 2 heterocycles. The number of imidazole rings is 1. The number of nitrogens with one attached hydrogen (secondary N) is 1. The van der Waals surface area contributed by atoms with Crippen LogP contribution in [0.3, 0.4) is 0 Å². The molecule has 4 rings (SSSR count). The van der Waals surface area contributed by atoms with Gasteiger partial charge in [0.1, 0.15) is 11.6 Å². The number of para-hydroxylation sites is 2. The Morgan fingerprint density at radius 1 is 1.19 bits per heavy atom. The minimum absolute atomic E-state index is 0.0753. The average Bonchev–Trinajstić information content (AvgIpc) is 3.12. The third kappa shape index (κ3) is 3.05. The van der Waals surface area contributed by atoms with Crippen molar-refractivity contribution < 1.29 is 9.53 Å². The molecule has 3 aromatic rings. The second-order valence-corrected chi connectivity index (χ2v) is 6.89. The molecule has 0 spiro atoms. The molecule has 5 nitrogen and oxygen atoms in total. The van der Waals surface area contributed by atoms with Crippen molar-refractivity contribution >= 4 is 16.9 Å². The predicted octanol–water partition coefficient (Wildman–Crippen LogP) is 3.90. The number of fused-ring (bicyclic) bond motifs is 1. The summed E-state index contributed by atoms with van der Waals surface area (Å²) in [4.78, 5) is 22.9. The zero-order valence-corrected chi connectivity index (χ0v) is 15.2. The summed E-state index contributed by atoms with van der Waals surface area (Å²) in [5, 5.41) is 0. The highest BCUT2D eigenvalue weighted by Gasteiger charge is 2.26. The van der Waals surface area contributed by atoms with E-state index in [0.717, 1.165) is 54.1 Å². The molecule has 0 bridgehead atoms. The fourth-order valence-electron chi connectivity index (χ4n) is 3.66. The largest absolute Gasteiger partial charge is 0.496 e. The predicted molar refractivity (Wildman–Crippen MR) is 102 cm³/mol. The molecular formula is C21H23N3O2. The van der Waals surface area contributed by atoms with E-state index < -0.39 is 0 Å². The number of hydrogen-bond acceptors (Lipinski definition) is 3. The van der Waals surface area contributed by atoms with E-state index in [-0.39, 0.29) is 5.91 Å². The van der Waals surface area contributed by atoms with Crippen LogP contribution in [-0.4, -0.2) is 41.0 Å². The van der Waals surface area contributed by atoms with Gasteiger partial charge in [-0.25, -0.2) is 4.98 Å². The van der Waals surface area contributed by atoms with E-state index in [2.05, 4.69) is 11.1 Å². The number of methoxy groups -OCH3 is 1. The van der Waals surface area contributed by atoms with Crippen molar-refractivity contribution in [2.45, 2.75) is 25.7 Å². The maximum atomic E-state index is 12.8. The lowest BCUT2D eigenvalue weighted by molar-refractivity contribution is 0.0711. The number of likely N-dealkylation sites (tertiary alicyclic amines) is 1. The zero-order chi connectivity index (χ0) is 18.1. The molecule has 2 aromatic carbocycles. The molecule has 1 aromatic heterocycles. The highest BCUT2D eigenvalue weighted by Crippen LogP contribution is 2.29. The lowest BCUT2D eigenvalue weighted by atomic mass is 9.95. The van der Waals surface area contributed by atoms with Crippen LogP contribution in [0.1, 0.15) is 40.5 Å². The molecule has 0 radical (unpaired) electrons. The number of amides is 1. The summed E-state index contributed by atoms with van der Waals surface area (Å²) in [6, 6.07) is 13.8. The van der Waals surface area contributed by atoms with Crippen molar-refractivity contribution in [1.82, 2.24) is 14.9 Å². The van der Waals surface area contributed by atoms with Gasteiger partial charge in [-0.2, -0.15) is 0 Å². The number of rotatable bonds is 3. The van der Waals surface area contributed by atoms with Crippen LogP contribution < -0.4 is 4.74 Å². The molecule has 5 heteroatoms. The van der Waals surface area contributed by atoms with Gasteiger partial charge in [-0.1, -0.05) is 18.2 Å². The van der Waals surface area contributed by atoms with Crippen molar-refractivity contribution in [1.29, 1.82) is 0 Å². The van der Waals surface area contributed by atoms with E-state index in [1.54, 1.807) is 7.11 Å². The van der Waals surface area contributed by atoms with Crippen molar-refractivity contribution in [2.24, 2.45) is 0 Å². The smallest absolute Gasteiger partial charge is 0.253 e. The Morgan fingerprint density at radius 2 is 1.96 bits per heavy atom. The molecule has 1 N–H and O–H groups in total. The SMILES string of the molecule is COc1cc(C(=O)N2CCC(c3nc4ccccc4[nH]3)CC2)ccc1C. The number of carbonyl (C=O) groups is 1. The molecule has 1 amide bonds. The van der Waals surface area contributed by atoms with Crippen LogP contribution in [0.4, 0.5) is 0 Å². The summed E-state index contributed by atoms with van der Waals surface area (Å²) < 4.78 is 5.34. The first kappa shape index (κ1) is 16.6. The molecule has 0 aliphatic carbocycles. The molecule has 1 aliphatic rings. The Kier molecular flexibility index (Phi) is 4.37. The first-order valence-corrected chi connectivity index (χ1v) is 9.04. The second-order valence-electron chi connectivity index (χ2n) is 6.89. The Hall–Kier alpha value is -2.82. The summed E-state index contributed by atoms with van der Waals surface area (Å²) >= 11 is 0. The molecule has 1 fully saturated rings. The highest BCUT2D eigenvalue weighted by molar-refractivity contribution is 5.94. The van der Waals surface area contributed by atoms with Crippen molar-refractivity contribution in [3.05, 3.63) is 59.4 Å². The Morgan fingerprint density at radius 3 is 2.69 bits per heavy atom. The van der Waals surface area contributed by atoms with Crippen molar-refractivity contribution in [2.75, 3.05) is 20.2 Å². The van der Waals surface area contributed by atoms with Gasteiger partial charge < -0.3 is 14.6 Å². The fourth-order valence-corrected chi connectivity index (χ4v) is 3.66. The van der Waals surface area contributed by atoms with Crippen LogP contribution in [0.5, 0.6) is 5.75 Å². The molecule has 134 valence electrons. The number of nitrogens with zero attached hydrogens (tertiary/aromatic N) is 2.